The fourth-order valence-electron chi connectivity index (χ4n) is 11.2. The summed E-state index contributed by atoms with van der Waals surface area (Å²) in [5.74, 6) is -1.40. The highest BCUT2D eigenvalue weighted by Crippen LogP contribution is 2.72. The van der Waals surface area contributed by atoms with Crippen molar-refractivity contribution >= 4 is 17.8 Å². The molecule has 0 heterocycles. The highest BCUT2D eigenvalue weighted by molar-refractivity contribution is 5.83. The van der Waals surface area contributed by atoms with Gasteiger partial charge in [-0.05, 0) is 101 Å². The summed E-state index contributed by atoms with van der Waals surface area (Å²) in [6, 6.07) is 0. The van der Waals surface area contributed by atoms with Gasteiger partial charge in [-0.15, -0.1) is 0 Å². The van der Waals surface area contributed by atoms with E-state index in [1.165, 1.54) is 25.2 Å². The van der Waals surface area contributed by atoms with Gasteiger partial charge in [0.25, 0.3) is 0 Å². The van der Waals surface area contributed by atoms with E-state index in [4.69, 9.17) is 4.74 Å². The lowest BCUT2D eigenvalue weighted by atomic mass is 9.42. The molecule has 1 amide bonds. The monoisotopic (exact) mass is 707 g/mol. The predicted molar refractivity (Wildman–Crippen MR) is 187 cm³/mol. The lowest BCUT2D eigenvalue weighted by molar-refractivity contribution is -0.198. The van der Waals surface area contributed by atoms with Crippen molar-refractivity contribution in [1.29, 1.82) is 0 Å². The summed E-state index contributed by atoms with van der Waals surface area (Å²) in [7, 11) is 1.20. The SMILES string of the molecule is COC(=O)CNC(=O)CC(C)(O)CC(=O)O[C@H]1[C@H](O)C[C@]2(C)C3=C(CCC2C1(C)C)[C@]1(C)CC[C@H]([C@H](C)CCC(O)C(C)(C)O)[C@@]1(C)[C@@H](O)C3. The maximum absolute atomic E-state index is 13.2. The Labute approximate surface area is 298 Å². The average molecular weight is 708 g/mol. The number of carbonyl (C=O) groups excluding carboxylic acids is 3. The van der Waals surface area contributed by atoms with Gasteiger partial charge in [-0.2, -0.15) is 0 Å². The fraction of sp³-hybridized carbons (Fsp3) is 0.872. The highest BCUT2D eigenvalue weighted by Gasteiger charge is 2.67. The zero-order chi connectivity index (χ0) is 37.8. The molecule has 4 rings (SSSR count). The largest absolute Gasteiger partial charge is 0.468 e. The number of fused-ring (bicyclic) bond motifs is 4. The summed E-state index contributed by atoms with van der Waals surface area (Å²) < 4.78 is 10.5. The first-order valence-electron chi connectivity index (χ1n) is 18.6. The Bertz CT molecular complexity index is 1330. The summed E-state index contributed by atoms with van der Waals surface area (Å²) in [4.78, 5) is 36.8. The zero-order valence-corrected chi connectivity index (χ0v) is 32.1. The van der Waals surface area contributed by atoms with Crippen LogP contribution in [0.5, 0.6) is 0 Å². The minimum atomic E-state index is -1.73. The highest BCUT2D eigenvalue weighted by atomic mass is 16.6. The first-order chi connectivity index (χ1) is 22.8. The summed E-state index contributed by atoms with van der Waals surface area (Å²) in [5.41, 5.74) is -1.88. The van der Waals surface area contributed by atoms with Gasteiger partial charge in [-0.25, -0.2) is 0 Å². The number of allylic oxidation sites excluding steroid dienone is 1. The molecule has 0 radical (unpaired) electrons. The number of methoxy groups -OCH3 is 1. The van der Waals surface area contributed by atoms with Crippen LogP contribution >= 0.6 is 0 Å². The Morgan fingerprint density at radius 3 is 2.20 bits per heavy atom. The average Bonchev–Trinajstić information content (AvgIpc) is 3.28. The van der Waals surface area contributed by atoms with E-state index in [2.05, 4.69) is 37.7 Å². The van der Waals surface area contributed by atoms with Crippen LogP contribution in [0.25, 0.3) is 0 Å². The van der Waals surface area contributed by atoms with Crippen molar-refractivity contribution < 1.29 is 49.4 Å². The maximum Gasteiger partial charge on any atom is 0.325 e. The molecule has 4 aliphatic carbocycles. The standard InChI is InChI=1S/C39H65NO10/c1-22(11-14-28(42)35(4,5)47)23-15-16-38(8)24-12-13-27-34(2,3)33(26(41)18-37(27,7)25(24)17-29(43)39(23,38)9)50-31(45)20-36(6,48)19-30(44)40-21-32(46)49-10/h22-23,26-29,33,41-43,47-48H,11-21H2,1-10H3,(H,40,44)/t22-,23-,26-,27?,28?,29+,33+,36?,37-,38+,39+/m1/s1. The van der Waals surface area contributed by atoms with Crippen LogP contribution in [0.1, 0.15) is 127 Å². The van der Waals surface area contributed by atoms with Crippen molar-refractivity contribution in [1.82, 2.24) is 5.32 Å². The molecule has 0 aromatic rings. The molecule has 0 aromatic heterocycles. The quantitative estimate of drug-likeness (QED) is 0.128. The molecular weight excluding hydrogens is 642 g/mol. The van der Waals surface area contributed by atoms with Crippen LogP contribution in [0.4, 0.5) is 0 Å². The van der Waals surface area contributed by atoms with Gasteiger partial charge in [0.1, 0.15) is 12.6 Å². The Kier molecular flexibility index (Phi) is 11.5. The summed E-state index contributed by atoms with van der Waals surface area (Å²) in [6.07, 6.45) is 1.72. The molecule has 286 valence electrons. The Morgan fingerprint density at radius 2 is 1.60 bits per heavy atom. The molecule has 0 saturated heterocycles. The zero-order valence-electron chi connectivity index (χ0n) is 32.1. The second kappa shape index (κ2) is 14.1. The normalized spacial score (nSPS) is 37.4. The number of hydrogen-bond acceptors (Lipinski definition) is 10. The van der Waals surface area contributed by atoms with Crippen LogP contribution < -0.4 is 5.32 Å². The van der Waals surface area contributed by atoms with E-state index in [0.29, 0.717) is 19.3 Å². The Hall–Kier alpha value is -2.05. The first kappa shape index (κ1) is 40.7. The van der Waals surface area contributed by atoms with Crippen molar-refractivity contribution in [3.63, 3.8) is 0 Å². The molecule has 0 bridgehead atoms. The molecule has 11 nitrogen and oxygen atoms in total. The van der Waals surface area contributed by atoms with Crippen LogP contribution in [0, 0.1) is 39.4 Å². The van der Waals surface area contributed by atoms with Gasteiger partial charge < -0.3 is 40.3 Å². The lowest BCUT2D eigenvalue weighted by Crippen LogP contribution is -2.62. The van der Waals surface area contributed by atoms with Gasteiger partial charge in [-0.1, -0.05) is 52.7 Å². The van der Waals surface area contributed by atoms with Crippen LogP contribution in [0.15, 0.2) is 11.1 Å². The van der Waals surface area contributed by atoms with Crippen LogP contribution in [-0.2, 0) is 23.9 Å². The molecule has 2 saturated carbocycles. The molecular formula is C39H65NO10. The number of aliphatic hydroxyl groups excluding tert-OH is 3. The molecule has 0 aromatic carbocycles. The molecule has 50 heavy (non-hydrogen) atoms. The first-order valence-corrected chi connectivity index (χ1v) is 18.6. The molecule has 0 aliphatic heterocycles. The van der Waals surface area contributed by atoms with Crippen molar-refractivity contribution in [2.24, 2.45) is 39.4 Å². The topological polar surface area (TPSA) is 183 Å². The molecule has 4 aliphatic rings. The van der Waals surface area contributed by atoms with Gasteiger partial charge >= 0.3 is 11.9 Å². The minimum Gasteiger partial charge on any atom is -0.468 e. The number of esters is 2. The number of nitrogens with one attached hydrogen (secondary N) is 1. The minimum absolute atomic E-state index is 0.0548. The number of carbonyl (C=O) groups is 3. The van der Waals surface area contributed by atoms with E-state index < -0.39 is 77.1 Å². The Morgan fingerprint density at radius 1 is 0.960 bits per heavy atom. The number of aliphatic hydroxyl groups is 5. The van der Waals surface area contributed by atoms with Gasteiger partial charge in [0.2, 0.25) is 5.91 Å². The van der Waals surface area contributed by atoms with Crippen LogP contribution in [0.2, 0.25) is 0 Å². The number of ether oxygens (including phenoxy) is 2. The molecule has 3 unspecified atom stereocenters. The van der Waals surface area contributed by atoms with Crippen LogP contribution in [0.3, 0.4) is 0 Å². The van der Waals surface area contributed by atoms with E-state index >= 15 is 0 Å². The summed E-state index contributed by atoms with van der Waals surface area (Å²) in [6.45, 7) is 17.3. The number of hydrogen-bond donors (Lipinski definition) is 6. The van der Waals surface area contributed by atoms with E-state index in [0.717, 1.165) is 32.1 Å². The van der Waals surface area contributed by atoms with Gasteiger partial charge in [0, 0.05) is 10.8 Å². The fourth-order valence-corrected chi connectivity index (χ4v) is 11.2. The van der Waals surface area contributed by atoms with Crippen molar-refractivity contribution in [3.8, 4) is 0 Å². The van der Waals surface area contributed by atoms with Crippen LogP contribution in [-0.4, -0.2) is 92.7 Å². The van der Waals surface area contributed by atoms with Crippen molar-refractivity contribution in [2.45, 2.75) is 162 Å². The second-order valence-corrected chi connectivity index (χ2v) is 18.4. The third-order valence-electron chi connectivity index (χ3n) is 14.2. The van der Waals surface area contributed by atoms with Gasteiger partial charge in [0.05, 0.1) is 49.5 Å². The number of amides is 1. The molecule has 6 N–H and O–H groups in total. The third-order valence-corrected chi connectivity index (χ3v) is 14.2. The molecule has 2 fully saturated rings. The summed E-state index contributed by atoms with van der Waals surface area (Å²) in [5, 5.41) is 57.9. The van der Waals surface area contributed by atoms with Crippen molar-refractivity contribution in [2.75, 3.05) is 13.7 Å². The molecule has 0 spiro atoms. The summed E-state index contributed by atoms with van der Waals surface area (Å²) >= 11 is 0. The Balaban J connectivity index is 1.52. The van der Waals surface area contributed by atoms with Crippen molar-refractivity contribution in [3.05, 3.63) is 11.1 Å². The van der Waals surface area contributed by atoms with Gasteiger partial charge in [0.15, 0.2) is 0 Å². The molecule has 11 heteroatoms. The smallest absolute Gasteiger partial charge is 0.325 e. The predicted octanol–water partition coefficient (Wildman–Crippen LogP) is 3.96. The second-order valence-electron chi connectivity index (χ2n) is 18.4. The lowest BCUT2D eigenvalue weighted by Gasteiger charge is -2.64. The van der Waals surface area contributed by atoms with E-state index in [1.807, 2.05) is 13.8 Å². The third kappa shape index (κ3) is 7.28. The van der Waals surface area contributed by atoms with E-state index in [-0.39, 0.29) is 35.1 Å². The maximum atomic E-state index is 13.2. The van der Waals surface area contributed by atoms with E-state index in [9.17, 15) is 39.9 Å². The van der Waals surface area contributed by atoms with Gasteiger partial charge in [-0.3, -0.25) is 14.4 Å². The molecule has 11 atom stereocenters. The number of rotatable bonds is 12. The van der Waals surface area contributed by atoms with E-state index in [1.54, 1.807) is 13.8 Å².